The van der Waals surface area contributed by atoms with Gasteiger partial charge in [-0.25, -0.2) is 4.98 Å². The van der Waals surface area contributed by atoms with Gasteiger partial charge in [-0.2, -0.15) is 0 Å². The predicted octanol–water partition coefficient (Wildman–Crippen LogP) is 3.01. The number of carbonyl (C=O) groups excluding carboxylic acids is 1. The molecule has 0 spiro atoms. The minimum atomic E-state index is 0.167. The summed E-state index contributed by atoms with van der Waals surface area (Å²) < 4.78 is 2.08. The monoisotopic (exact) mass is 342 g/mol. The summed E-state index contributed by atoms with van der Waals surface area (Å²) in [6.07, 6.45) is 2.91. The van der Waals surface area contributed by atoms with Crippen molar-refractivity contribution in [3.8, 4) is 0 Å². The maximum Gasteiger partial charge on any atom is 0.220 e. The van der Waals surface area contributed by atoms with Crippen LogP contribution in [-0.2, 0) is 18.4 Å². The summed E-state index contributed by atoms with van der Waals surface area (Å²) >= 11 is 0. The number of fused-ring (bicyclic) bond motifs is 1. The summed E-state index contributed by atoms with van der Waals surface area (Å²) in [4.78, 5) is 19.3. The van der Waals surface area contributed by atoms with Gasteiger partial charge in [0.25, 0.3) is 0 Å². The van der Waals surface area contributed by atoms with Crippen LogP contribution in [0.3, 0.4) is 0 Å². The Bertz CT molecular complexity index is 741. The summed E-state index contributed by atoms with van der Waals surface area (Å²) in [6.45, 7) is 9.30. The maximum absolute atomic E-state index is 12.3. The number of nitrogens with one attached hydrogen (secondary N) is 1. The van der Waals surface area contributed by atoms with E-state index in [0.717, 1.165) is 48.4 Å². The minimum Gasteiger partial charge on any atom is -0.352 e. The first kappa shape index (κ1) is 17.9. The Labute approximate surface area is 150 Å². The van der Waals surface area contributed by atoms with E-state index in [-0.39, 0.29) is 5.91 Å². The van der Waals surface area contributed by atoms with E-state index in [4.69, 9.17) is 0 Å². The second kappa shape index (κ2) is 7.56. The first-order valence-corrected chi connectivity index (χ1v) is 9.36. The second-order valence-electron chi connectivity index (χ2n) is 7.60. The number of likely N-dealkylation sites (tertiary alicyclic amines) is 1. The molecule has 25 heavy (non-hydrogen) atoms. The number of aromatic nitrogens is 2. The summed E-state index contributed by atoms with van der Waals surface area (Å²) in [5, 5.41) is 3.08. The lowest BCUT2D eigenvalue weighted by atomic mass is 9.92. The van der Waals surface area contributed by atoms with Crippen molar-refractivity contribution in [1.82, 2.24) is 19.8 Å². The van der Waals surface area contributed by atoms with Crippen LogP contribution in [-0.4, -0.2) is 39.5 Å². The quantitative estimate of drug-likeness (QED) is 0.909. The molecule has 0 bridgehead atoms. The molecule has 1 N–H and O–H groups in total. The third-order valence-electron chi connectivity index (χ3n) is 5.51. The normalized spacial score (nSPS) is 16.7. The van der Waals surface area contributed by atoms with Crippen LogP contribution in [0.25, 0.3) is 11.0 Å². The van der Waals surface area contributed by atoms with Gasteiger partial charge in [0.1, 0.15) is 5.82 Å². The zero-order chi connectivity index (χ0) is 18.0. The summed E-state index contributed by atoms with van der Waals surface area (Å²) in [6, 6.07) is 6.84. The molecule has 0 radical (unpaired) electrons. The number of aryl methyl sites for hydroxylation is 2. The highest BCUT2D eigenvalue weighted by molar-refractivity contribution is 5.78. The van der Waals surface area contributed by atoms with E-state index in [1.54, 1.807) is 0 Å². The Morgan fingerprint density at radius 2 is 2.04 bits per heavy atom. The molecule has 1 fully saturated rings. The number of amides is 1. The van der Waals surface area contributed by atoms with Gasteiger partial charge in [0.05, 0.1) is 11.0 Å². The summed E-state index contributed by atoms with van der Waals surface area (Å²) in [7, 11) is 2.02. The van der Waals surface area contributed by atoms with Crippen LogP contribution in [0, 0.1) is 12.8 Å². The zero-order valence-electron chi connectivity index (χ0n) is 15.9. The average molecular weight is 342 g/mol. The fraction of sp³-hybridized carbons (Fsp3) is 0.600. The van der Waals surface area contributed by atoms with Gasteiger partial charge in [0.2, 0.25) is 5.91 Å². The van der Waals surface area contributed by atoms with Crippen molar-refractivity contribution in [2.75, 3.05) is 13.1 Å². The van der Waals surface area contributed by atoms with E-state index in [1.165, 1.54) is 0 Å². The molecule has 5 nitrogen and oxygen atoms in total. The van der Waals surface area contributed by atoms with Crippen molar-refractivity contribution in [1.29, 1.82) is 0 Å². The molecule has 5 heteroatoms. The molecule has 1 aromatic heterocycles. The van der Waals surface area contributed by atoms with Gasteiger partial charge >= 0.3 is 0 Å². The fourth-order valence-electron chi connectivity index (χ4n) is 3.68. The number of carbonyl (C=O) groups is 1. The number of benzene rings is 1. The molecule has 1 amide bonds. The van der Waals surface area contributed by atoms with Crippen molar-refractivity contribution in [2.24, 2.45) is 13.0 Å². The topological polar surface area (TPSA) is 50.2 Å². The number of piperidine rings is 1. The van der Waals surface area contributed by atoms with Crippen LogP contribution in [0.15, 0.2) is 18.2 Å². The highest BCUT2D eigenvalue weighted by atomic mass is 16.1. The van der Waals surface area contributed by atoms with Crippen molar-refractivity contribution >= 4 is 16.9 Å². The SMILES string of the molecule is Cc1nc2cc(CNC(=O)CC3CCN(C(C)C)CC3)ccc2n1C. The van der Waals surface area contributed by atoms with Crippen LogP contribution in [0.2, 0.25) is 0 Å². The Kier molecular flexibility index (Phi) is 5.42. The van der Waals surface area contributed by atoms with Crippen LogP contribution < -0.4 is 5.32 Å². The van der Waals surface area contributed by atoms with Gasteiger partial charge in [-0.15, -0.1) is 0 Å². The lowest BCUT2D eigenvalue weighted by Gasteiger charge is -2.34. The van der Waals surface area contributed by atoms with Crippen LogP contribution >= 0.6 is 0 Å². The number of imidazole rings is 1. The van der Waals surface area contributed by atoms with E-state index < -0.39 is 0 Å². The smallest absolute Gasteiger partial charge is 0.220 e. The molecular weight excluding hydrogens is 312 g/mol. The fourth-order valence-corrected chi connectivity index (χ4v) is 3.68. The highest BCUT2D eigenvalue weighted by Gasteiger charge is 2.22. The molecule has 1 aromatic carbocycles. The molecule has 136 valence electrons. The van der Waals surface area contributed by atoms with Gasteiger partial charge in [0, 0.05) is 26.1 Å². The molecule has 0 atom stereocenters. The average Bonchev–Trinajstić information content (AvgIpc) is 2.87. The van der Waals surface area contributed by atoms with Crippen molar-refractivity contribution in [3.05, 3.63) is 29.6 Å². The molecule has 0 unspecified atom stereocenters. The molecular formula is C20H30N4O. The number of nitrogens with zero attached hydrogens (tertiary/aromatic N) is 3. The van der Waals surface area contributed by atoms with Crippen LogP contribution in [0.5, 0.6) is 0 Å². The Morgan fingerprint density at radius 1 is 1.32 bits per heavy atom. The largest absolute Gasteiger partial charge is 0.352 e. The van der Waals surface area contributed by atoms with Crippen molar-refractivity contribution < 1.29 is 4.79 Å². The molecule has 0 aliphatic carbocycles. The molecule has 1 aliphatic rings. The van der Waals surface area contributed by atoms with E-state index in [2.05, 4.69) is 51.8 Å². The summed E-state index contributed by atoms with van der Waals surface area (Å²) in [5.41, 5.74) is 3.23. The van der Waals surface area contributed by atoms with Gasteiger partial charge in [-0.1, -0.05) is 6.07 Å². The highest BCUT2D eigenvalue weighted by Crippen LogP contribution is 2.22. The number of hydrogen-bond acceptors (Lipinski definition) is 3. The molecule has 3 rings (SSSR count). The third-order valence-corrected chi connectivity index (χ3v) is 5.51. The number of hydrogen-bond donors (Lipinski definition) is 1. The van der Waals surface area contributed by atoms with E-state index in [0.29, 0.717) is 24.9 Å². The van der Waals surface area contributed by atoms with Crippen molar-refractivity contribution in [3.63, 3.8) is 0 Å². The lowest BCUT2D eigenvalue weighted by Crippen LogP contribution is -2.39. The summed E-state index contributed by atoms with van der Waals surface area (Å²) in [5.74, 6) is 1.69. The van der Waals surface area contributed by atoms with E-state index in [9.17, 15) is 4.79 Å². The van der Waals surface area contributed by atoms with Gasteiger partial charge in [-0.05, 0) is 70.3 Å². The molecule has 2 aromatic rings. The zero-order valence-corrected chi connectivity index (χ0v) is 15.9. The third kappa shape index (κ3) is 4.21. The maximum atomic E-state index is 12.3. The second-order valence-corrected chi connectivity index (χ2v) is 7.60. The Morgan fingerprint density at radius 3 is 2.72 bits per heavy atom. The Balaban J connectivity index is 1.49. The first-order valence-electron chi connectivity index (χ1n) is 9.36. The van der Waals surface area contributed by atoms with Crippen molar-refractivity contribution in [2.45, 2.75) is 52.6 Å². The standard InChI is InChI=1S/C20H30N4O/c1-14(2)24-9-7-16(8-10-24)12-20(25)21-13-17-5-6-19-18(11-17)22-15(3)23(19)4/h5-6,11,14,16H,7-10,12-13H2,1-4H3,(H,21,25). The van der Waals surface area contributed by atoms with Crippen LogP contribution in [0.4, 0.5) is 0 Å². The van der Waals surface area contributed by atoms with Gasteiger partial charge in [0.15, 0.2) is 0 Å². The Hall–Kier alpha value is -1.88. The molecule has 2 heterocycles. The lowest BCUT2D eigenvalue weighted by molar-refractivity contribution is -0.122. The molecule has 1 saturated heterocycles. The first-order chi connectivity index (χ1) is 11.9. The van der Waals surface area contributed by atoms with Crippen LogP contribution in [0.1, 0.15) is 44.5 Å². The number of rotatable bonds is 5. The van der Waals surface area contributed by atoms with E-state index in [1.807, 2.05) is 14.0 Å². The predicted molar refractivity (Wildman–Crippen MR) is 101 cm³/mol. The minimum absolute atomic E-state index is 0.167. The van der Waals surface area contributed by atoms with E-state index >= 15 is 0 Å². The van der Waals surface area contributed by atoms with Gasteiger partial charge in [-0.3, -0.25) is 4.79 Å². The molecule has 0 saturated carbocycles. The molecule has 1 aliphatic heterocycles. The van der Waals surface area contributed by atoms with Gasteiger partial charge < -0.3 is 14.8 Å².